The van der Waals surface area contributed by atoms with Crippen LogP contribution < -0.4 is 0 Å². The molecule has 3 rings (SSSR count). The smallest absolute Gasteiger partial charge is 0.349 e. The minimum absolute atomic E-state index is 0.0379. The molecule has 0 bridgehead atoms. The fraction of sp³-hybridized carbons (Fsp3) is 0.158. The zero-order valence-electron chi connectivity index (χ0n) is 15.3. The molecule has 2 aromatic heterocycles. The largest absolute Gasteiger partial charge is 0.453 e. The molecule has 0 saturated heterocycles. The number of ketones is 1. The average molecular weight is 437 g/mol. The van der Waals surface area contributed by atoms with Crippen molar-refractivity contribution in [2.75, 3.05) is 6.61 Å². The Morgan fingerprint density at radius 3 is 2.59 bits per heavy atom. The highest BCUT2D eigenvalue weighted by molar-refractivity contribution is 7.17. The number of aromatic nitrogens is 1. The van der Waals surface area contributed by atoms with E-state index in [1.165, 1.54) is 24.3 Å². The van der Waals surface area contributed by atoms with Crippen LogP contribution in [-0.4, -0.2) is 27.8 Å². The second-order valence-electron chi connectivity index (χ2n) is 6.11. The zero-order chi connectivity index (χ0) is 21.3. The van der Waals surface area contributed by atoms with E-state index in [4.69, 9.17) is 16.3 Å². The summed E-state index contributed by atoms with van der Waals surface area (Å²) in [5.74, 6) is -1.79. The van der Waals surface area contributed by atoms with Crippen molar-refractivity contribution in [3.63, 3.8) is 0 Å². The number of thiophene rings is 1. The predicted molar refractivity (Wildman–Crippen MR) is 106 cm³/mol. The van der Waals surface area contributed by atoms with Gasteiger partial charge < -0.3 is 9.30 Å². The number of halogens is 2. The molecule has 0 saturated carbocycles. The number of aryl methyl sites for hydroxylation is 1. The lowest BCUT2D eigenvalue weighted by atomic mass is 10.1. The van der Waals surface area contributed by atoms with Gasteiger partial charge in [0, 0.05) is 28.7 Å². The fourth-order valence-electron chi connectivity index (χ4n) is 2.88. The molecule has 0 unspecified atom stereocenters. The van der Waals surface area contributed by atoms with Crippen molar-refractivity contribution in [2.45, 2.75) is 13.8 Å². The molecule has 0 aliphatic heterocycles. The van der Waals surface area contributed by atoms with Gasteiger partial charge in [-0.2, -0.15) is 0 Å². The fourth-order valence-corrected chi connectivity index (χ4v) is 3.77. The number of nitrogens with zero attached hydrogens (tertiary/aromatic N) is 2. The van der Waals surface area contributed by atoms with Crippen molar-refractivity contribution in [2.24, 2.45) is 0 Å². The Labute approximate surface area is 173 Å². The first-order valence-electron chi connectivity index (χ1n) is 8.28. The lowest BCUT2D eigenvalue weighted by Gasteiger charge is -2.10. The third-order valence-corrected chi connectivity index (χ3v) is 5.51. The molecule has 0 atom stereocenters. The molecule has 0 aliphatic carbocycles. The molecule has 1 aromatic carbocycles. The summed E-state index contributed by atoms with van der Waals surface area (Å²) < 4.78 is 20.2. The average Bonchev–Trinajstić information content (AvgIpc) is 3.27. The van der Waals surface area contributed by atoms with Gasteiger partial charge >= 0.3 is 11.0 Å². The Hall–Kier alpha value is -3.04. The number of benzene rings is 1. The van der Waals surface area contributed by atoms with Crippen LogP contribution in [0.1, 0.15) is 31.4 Å². The van der Waals surface area contributed by atoms with Gasteiger partial charge in [-0.25, -0.2) is 9.18 Å². The van der Waals surface area contributed by atoms with E-state index >= 15 is 0 Å². The molecule has 0 fully saturated rings. The van der Waals surface area contributed by atoms with Gasteiger partial charge in [0.25, 0.3) is 0 Å². The molecule has 0 N–H and O–H groups in total. The van der Waals surface area contributed by atoms with Crippen LogP contribution in [0.15, 0.2) is 36.4 Å². The van der Waals surface area contributed by atoms with E-state index in [0.717, 1.165) is 0 Å². The number of rotatable bonds is 6. The highest BCUT2D eigenvalue weighted by Gasteiger charge is 2.21. The van der Waals surface area contributed by atoms with Crippen LogP contribution in [0.5, 0.6) is 0 Å². The molecule has 150 valence electrons. The number of Topliss-reactive ketones (excluding diaryl/α,β-unsaturated/α-hetero) is 1. The Morgan fingerprint density at radius 1 is 1.24 bits per heavy atom. The van der Waals surface area contributed by atoms with Crippen molar-refractivity contribution < 1.29 is 23.6 Å². The van der Waals surface area contributed by atoms with Crippen LogP contribution in [0.4, 0.5) is 9.39 Å². The Kier molecular flexibility index (Phi) is 5.81. The minimum atomic E-state index is -0.810. The van der Waals surface area contributed by atoms with Crippen LogP contribution in [-0.2, 0) is 4.74 Å². The third-order valence-electron chi connectivity index (χ3n) is 4.20. The van der Waals surface area contributed by atoms with Gasteiger partial charge in [0.15, 0.2) is 6.61 Å². The number of carbonyl (C=O) groups is 2. The lowest BCUT2D eigenvalue weighted by Crippen LogP contribution is -2.14. The highest BCUT2D eigenvalue weighted by Crippen LogP contribution is 2.26. The summed E-state index contributed by atoms with van der Waals surface area (Å²) in [5, 5.41) is 10.5. The Balaban J connectivity index is 1.76. The molecule has 7 nitrogen and oxygen atoms in total. The van der Waals surface area contributed by atoms with E-state index in [9.17, 15) is 24.1 Å². The van der Waals surface area contributed by atoms with Crippen LogP contribution in [0, 0.1) is 29.8 Å². The third kappa shape index (κ3) is 4.20. The molecule has 0 amide bonds. The maximum Gasteiger partial charge on any atom is 0.349 e. The molecule has 3 aromatic rings. The van der Waals surface area contributed by atoms with Gasteiger partial charge in [-0.3, -0.25) is 14.9 Å². The normalized spacial score (nSPS) is 10.8. The molecule has 0 radical (unpaired) electrons. The van der Waals surface area contributed by atoms with E-state index in [0.29, 0.717) is 34.0 Å². The number of esters is 1. The SMILES string of the molecule is Cc1cc(C(=O)COC(=O)c2ccc([N+](=O)[O-])s2)c(C)n1-c1ccc(F)c(Cl)c1. The molecule has 2 heterocycles. The van der Waals surface area contributed by atoms with Crippen molar-refractivity contribution in [3.8, 4) is 5.69 Å². The van der Waals surface area contributed by atoms with E-state index in [-0.39, 0.29) is 14.9 Å². The number of hydrogen-bond donors (Lipinski definition) is 0. The van der Waals surface area contributed by atoms with E-state index in [2.05, 4.69) is 0 Å². The maximum atomic E-state index is 13.4. The molecular formula is C19H14ClFN2O5S. The van der Waals surface area contributed by atoms with E-state index in [1.54, 1.807) is 30.5 Å². The van der Waals surface area contributed by atoms with Crippen LogP contribution in [0.2, 0.25) is 5.02 Å². The van der Waals surface area contributed by atoms with Gasteiger partial charge in [-0.15, -0.1) is 0 Å². The van der Waals surface area contributed by atoms with Crippen LogP contribution >= 0.6 is 22.9 Å². The van der Waals surface area contributed by atoms with Gasteiger partial charge in [0.1, 0.15) is 10.7 Å². The lowest BCUT2D eigenvalue weighted by molar-refractivity contribution is -0.380. The predicted octanol–water partition coefficient (Wildman–Crippen LogP) is 4.90. The van der Waals surface area contributed by atoms with Crippen molar-refractivity contribution in [3.05, 3.63) is 79.2 Å². The molecule has 10 heteroatoms. The second-order valence-corrected chi connectivity index (χ2v) is 7.58. The second kappa shape index (κ2) is 8.14. The quantitative estimate of drug-likeness (QED) is 0.237. The summed E-state index contributed by atoms with van der Waals surface area (Å²) in [7, 11) is 0. The molecule has 0 aliphatic rings. The number of carbonyl (C=O) groups excluding carboxylic acids is 2. The van der Waals surface area contributed by atoms with Gasteiger partial charge in [0.05, 0.1) is 9.95 Å². The maximum absolute atomic E-state index is 13.4. The van der Waals surface area contributed by atoms with E-state index in [1.807, 2.05) is 0 Å². The summed E-state index contributed by atoms with van der Waals surface area (Å²) in [4.78, 5) is 34.7. The van der Waals surface area contributed by atoms with Crippen molar-refractivity contribution in [1.82, 2.24) is 4.57 Å². The van der Waals surface area contributed by atoms with Crippen LogP contribution in [0.3, 0.4) is 0 Å². The minimum Gasteiger partial charge on any atom is -0.453 e. The van der Waals surface area contributed by atoms with Gasteiger partial charge in [-0.05, 0) is 44.2 Å². The van der Waals surface area contributed by atoms with E-state index < -0.39 is 29.1 Å². The summed E-state index contributed by atoms with van der Waals surface area (Å²) >= 11 is 6.52. The first-order valence-corrected chi connectivity index (χ1v) is 9.47. The first kappa shape index (κ1) is 20.7. The van der Waals surface area contributed by atoms with Crippen LogP contribution in [0.25, 0.3) is 5.69 Å². The molecule has 29 heavy (non-hydrogen) atoms. The highest BCUT2D eigenvalue weighted by atomic mass is 35.5. The molecular weight excluding hydrogens is 423 g/mol. The topological polar surface area (TPSA) is 91.4 Å². The number of ether oxygens (including phenoxy) is 1. The summed E-state index contributed by atoms with van der Waals surface area (Å²) in [5.41, 5.74) is 2.23. The van der Waals surface area contributed by atoms with Crippen molar-refractivity contribution in [1.29, 1.82) is 0 Å². The monoisotopic (exact) mass is 436 g/mol. The molecule has 0 spiro atoms. The summed E-state index contributed by atoms with van der Waals surface area (Å²) in [6, 6.07) is 8.34. The summed E-state index contributed by atoms with van der Waals surface area (Å²) in [6.45, 7) is 2.97. The number of hydrogen-bond acceptors (Lipinski definition) is 6. The number of nitro groups is 1. The Morgan fingerprint density at radius 2 is 1.97 bits per heavy atom. The standard InChI is InChI=1S/C19H14ClFN2O5S/c1-10-7-13(11(2)22(10)12-3-4-15(21)14(20)8-12)16(24)9-28-19(25)17-5-6-18(29-17)23(26)27/h3-8H,9H2,1-2H3. The van der Waals surface area contributed by atoms with Gasteiger partial charge in [0.2, 0.25) is 5.78 Å². The van der Waals surface area contributed by atoms with Gasteiger partial charge in [-0.1, -0.05) is 22.9 Å². The zero-order valence-corrected chi connectivity index (χ0v) is 16.8. The first-order chi connectivity index (χ1) is 13.7. The summed E-state index contributed by atoms with van der Waals surface area (Å²) in [6.07, 6.45) is 0. The van der Waals surface area contributed by atoms with Crippen molar-refractivity contribution >= 4 is 39.7 Å². The Bertz CT molecular complexity index is 1140.